The lowest BCUT2D eigenvalue weighted by molar-refractivity contribution is -0.152. The fraction of sp³-hybridized carbons (Fsp3) is 0.686. The molecule has 0 amide bonds. The molecule has 0 radical (unpaired) electrons. The molecule has 0 spiro atoms. The van der Waals surface area contributed by atoms with Crippen LogP contribution in [0.5, 0.6) is 11.5 Å². The summed E-state index contributed by atoms with van der Waals surface area (Å²) in [6.45, 7) is 5.73. The molecule has 0 saturated heterocycles. The van der Waals surface area contributed by atoms with Gasteiger partial charge in [0.15, 0.2) is 0 Å². The van der Waals surface area contributed by atoms with Crippen LogP contribution >= 0.6 is 0 Å². The maximum absolute atomic E-state index is 12.7. The van der Waals surface area contributed by atoms with Gasteiger partial charge in [0.2, 0.25) is 0 Å². The lowest BCUT2D eigenvalue weighted by Gasteiger charge is -2.25. The van der Waals surface area contributed by atoms with E-state index in [1.165, 1.54) is 44.6 Å². The maximum atomic E-state index is 12.7. The van der Waals surface area contributed by atoms with Crippen LogP contribution in [0.15, 0.2) is 36.9 Å². The number of carbonyl (C=O) groups is 3. The fourth-order valence-corrected chi connectivity index (χ4v) is 5.22. The largest absolute Gasteiger partial charge is 0.494 e. The van der Waals surface area contributed by atoms with E-state index in [2.05, 4.69) is 6.58 Å². The van der Waals surface area contributed by atoms with E-state index in [-0.39, 0.29) is 29.7 Å². The number of esters is 3. The summed E-state index contributed by atoms with van der Waals surface area (Å²) in [6.07, 6.45) is 18.2. The third-order valence-corrected chi connectivity index (χ3v) is 7.89. The molecule has 1 aromatic carbocycles. The van der Waals surface area contributed by atoms with Gasteiger partial charge < -0.3 is 23.7 Å². The molecule has 1 fully saturated rings. The Hall–Kier alpha value is -2.87. The molecule has 1 aliphatic carbocycles. The van der Waals surface area contributed by atoms with Gasteiger partial charge in [-0.25, -0.2) is 4.79 Å². The summed E-state index contributed by atoms with van der Waals surface area (Å²) in [4.78, 5) is 36.2. The van der Waals surface area contributed by atoms with Crippen LogP contribution in [0.4, 0.5) is 0 Å². The van der Waals surface area contributed by atoms with Gasteiger partial charge in [0.05, 0.1) is 31.7 Å². The van der Waals surface area contributed by atoms with Crippen molar-refractivity contribution in [3.8, 4) is 11.5 Å². The zero-order valence-electron chi connectivity index (χ0n) is 26.4. The van der Waals surface area contributed by atoms with E-state index in [0.29, 0.717) is 51.3 Å². The van der Waals surface area contributed by atoms with Crippen LogP contribution in [0, 0.1) is 11.8 Å². The Morgan fingerprint density at radius 2 is 1.07 bits per heavy atom. The topological polar surface area (TPSA) is 97.4 Å². The fourth-order valence-electron chi connectivity index (χ4n) is 5.22. The third-order valence-electron chi connectivity index (χ3n) is 7.89. The van der Waals surface area contributed by atoms with Crippen molar-refractivity contribution in [2.45, 2.75) is 109 Å². The van der Waals surface area contributed by atoms with Crippen LogP contribution in [0.1, 0.15) is 109 Å². The van der Waals surface area contributed by atoms with E-state index in [0.717, 1.165) is 57.3 Å². The van der Waals surface area contributed by atoms with Crippen molar-refractivity contribution in [1.29, 1.82) is 0 Å². The molecule has 0 unspecified atom stereocenters. The summed E-state index contributed by atoms with van der Waals surface area (Å²) < 4.78 is 26.9. The Labute approximate surface area is 258 Å². The molecule has 0 aromatic heterocycles. The van der Waals surface area contributed by atoms with Crippen LogP contribution in [-0.2, 0) is 28.6 Å². The molecule has 1 saturated carbocycles. The number of rotatable bonds is 24. The van der Waals surface area contributed by atoms with Crippen molar-refractivity contribution >= 4 is 17.9 Å². The Balaban J connectivity index is 1.49. The first-order chi connectivity index (χ1) is 21.0. The van der Waals surface area contributed by atoms with Crippen molar-refractivity contribution in [2.24, 2.45) is 11.8 Å². The number of hydrogen-bond acceptors (Lipinski definition) is 8. The number of hydrogen-bond donors (Lipinski definition) is 0. The second-order valence-electron chi connectivity index (χ2n) is 11.4. The monoisotopic (exact) mass is 602 g/mol. The van der Waals surface area contributed by atoms with E-state index in [1.807, 2.05) is 0 Å². The highest BCUT2D eigenvalue weighted by molar-refractivity contribution is 5.81. The van der Waals surface area contributed by atoms with Crippen molar-refractivity contribution < 1.29 is 38.1 Å². The van der Waals surface area contributed by atoms with Gasteiger partial charge in [0, 0.05) is 19.8 Å². The number of ether oxygens (including phenoxy) is 5. The molecule has 8 nitrogen and oxygen atoms in total. The summed E-state index contributed by atoms with van der Waals surface area (Å²) in [5.74, 6) is 0.165. The molecule has 43 heavy (non-hydrogen) atoms. The van der Waals surface area contributed by atoms with Gasteiger partial charge in [-0.2, -0.15) is 0 Å². The Morgan fingerprint density at radius 1 is 0.628 bits per heavy atom. The first-order valence-electron chi connectivity index (χ1n) is 16.4. The molecule has 8 heteroatoms. The molecule has 0 bridgehead atoms. The van der Waals surface area contributed by atoms with Crippen LogP contribution in [0.3, 0.4) is 0 Å². The SMILES string of the molecule is C=CC(=O)OCCCCCCOc1ccc(OC(=O)C2CCC(C(=O)OCCCCCCCCCCCOC)CC2)cc1. The highest BCUT2D eigenvalue weighted by Gasteiger charge is 2.31. The quantitative estimate of drug-likeness (QED) is 0.0512. The lowest BCUT2D eigenvalue weighted by atomic mass is 9.82. The average Bonchev–Trinajstić information content (AvgIpc) is 3.03. The molecule has 0 aliphatic heterocycles. The Bertz CT molecular complexity index is 905. The van der Waals surface area contributed by atoms with Gasteiger partial charge in [0.1, 0.15) is 11.5 Å². The van der Waals surface area contributed by atoms with Gasteiger partial charge in [0.25, 0.3) is 0 Å². The predicted octanol–water partition coefficient (Wildman–Crippen LogP) is 7.77. The highest BCUT2D eigenvalue weighted by atomic mass is 16.5. The van der Waals surface area contributed by atoms with Crippen molar-refractivity contribution in [3.05, 3.63) is 36.9 Å². The standard InChI is InChI=1S/C35H54O8/c1-3-33(36)41-27-15-12-11-14-26-40-31-21-23-32(24-22-31)43-35(38)30-19-17-29(18-20-30)34(37)42-28-16-10-8-6-4-5-7-9-13-25-39-2/h3,21-24,29-30H,1,4-20,25-28H2,2H3. The van der Waals surface area contributed by atoms with E-state index < -0.39 is 0 Å². The summed E-state index contributed by atoms with van der Waals surface area (Å²) in [5, 5.41) is 0. The highest BCUT2D eigenvalue weighted by Crippen LogP contribution is 2.31. The molecule has 242 valence electrons. The van der Waals surface area contributed by atoms with Gasteiger partial charge >= 0.3 is 17.9 Å². The molecular formula is C35H54O8. The molecule has 0 atom stereocenters. The molecule has 0 heterocycles. The molecular weight excluding hydrogens is 548 g/mol. The summed E-state index contributed by atoms with van der Waals surface area (Å²) in [5.41, 5.74) is 0. The van der Waals surface area contributed by atoms with E-state index in [4.69, 9.17) is 23.7 Å². The van der Waals surface area contributed by atoms with Crippen LogP contribution in [-0.4, -0.2) is 51.4 Å². The molecule has 2 rings (SSSR count). The van der Waals surface area contributed by atoms with Crippen LogP contribution < -0.4 is 9.47 Å². The number of unbranched alkanes of at least 4 members (excludes halogenated alkanes) is 11. The summed E-state index contributed by atoms with van der Waals surface area (Å²) in [6, 6.07) is 7.09. The van der Waals surface area contributed by atoms with Crippen molar-refractivity contribution in [1.82, 2.24) is 0 Å². The zero-order valence-corrected chi connectivity index (χ0v) is 26.4. The lowest BCUT2D eigenvalue weighted by Crippen LogP contribution is -2.29. The number of methoxy groups -OCH3 is 1. The Kier molecular flexibility index (Phi) is 19.9. The van der Waals surface area contributed by atoms with Gasteiger partial charge in [-0.1, -0.05) is 51.5 Å². The smallest absolute Gasteiger partial charge is 0.330 e. The van der Waals surface area contributed by atoms with Gasteiger partial charge in [-0.05, 0) is 88.5 Å². The summed E-state index contributed by atoms with van der Waals surface area (Å²) >= 11 is 0. The second-order valence-corrected chi connectivity index (χ2v) is 11.4. The maximum Gasteiger partial charge on any atom is 0.330 e. The zero-order chi connectivity index (χ0) is 31.0. The number of benzene rings is 1. The molecule has 1 aliphatic rings. The van der Waals surface area contributed by atoms with Gasteiger partial charge in [-0.3, -0.25) is 9.59 Å². The number of carbonyl (C=O) groups excluding carboxylic acids is 3. The minimum atomic E-state index is -0.384. The van der Waals surface area contributed by atoms with E-state index in [9.17, 15) is 14.4 Å². The minimum Gasteiger partial charge on any atom is -0.494 e. The minimum absolute atomic E-state index is 0.117. The first kappa shape index (κ1) is 36.3. The van der Waals surface area contributed by atoms with Crippen molar-refractivity contribution in [3.63, 3.8) is 0 Å². The normalized spacial score (nSPS) is 16.3. The van der Waals surface area contributed by atoms with Crippen molar-refractivity contribution in [2.75, 3.05) is 33.5 Å². The van der Waals surface area contributed by atoms with Crippen LogP contribution in [0.25, 0.3) is 0 Å². The van der Waals surface area contributed by atoms with Gasteiger partial charge in [-0.15, -0.1) is 0 Å². The van der Waals surface area contributed by atoms with E-state index in [1.54, 1.807) is 31.4 Å². The second kappa shape index (κ2) is 23.6. The summed E-state index contributed by atoms with van der Waals surface area (Å²) in [7, 11) is 1.75. The first-order valence-corrected chi connectivity index (χ1v) is 16.4. The molecule has 0 N–H and O–H groups in total. The third kappa shape index (κ3) is 17.1. The predicted molar refractivity (Wildman–Crippen MR) is 167 cm³/mol. The molecule has 1 aromatic rings. The average molecular weight is 603 g/mol. The van der Waals surface area contributed by atoms with Crippen LogP contribution in [0.2, 0.25) is 0 Å². The van der Waals surface area contributed by atoms with E-state index >= 15 is 0 Å². The Morgan fingerprint density at radius 3 is 1.60 bits per heavy atom.